The number of nitrogens with two attached hydrogens (primary N) is 1. The number of hydrogen-bond acceptors (Lipinski definition) is 4. The van der Waals surface area contributed by atoms with Crippen LogP contribution < -0.4 is 5.73 Å². The second-order valence-electron chi connectivity index (χ2n) is 1.74. The van der Waals surface area contributed by atoms with Gasteiger partial charge in [0.25, 0.3) is 4.46 Å². The van der Waals surface area contributed by atoms with Gasteiger partial charge in [-0.1, -0.05) is 31.7 Å². The van der Waals surface area contributed by atoms with E-state index < -0.39 is 16.5 Å². The molecular formula is C3H2Cl5N3O3. The van der Waals surface area contributed by atoms with Crippen molar-refractivity contribution in [2.75, 3.05) is 0 Å². The van der Waals surface area contributed by atoms with E-state index in [9.17, 15) is 9.59 Å². The van der Waals surface area contributed by atoms with Crippen LogP contribution in [0.2, 0.25) is 0 Å². The minimum absolute atomic E-state index is 0.101. The largest absolute Gasteiger partial charge is 0.387 e. The molecule has 0 fully saturated rings. The van der Waals surface area contributed by atoms with Crippen molar-refractivity contribution in [3.05, 3.63) is 0 Å². The van der Waals surface area contributed by atoms with Crippen molar-refractivity contribution in [2.24, 2.45) is 5.73 Å². The van der Waals surface area contributed by atoms with Gasteiger partial charge in [-0.15, -0.1) is 0 Å². The Kier molecular flexibility index (Phi) is 5.35. The van der Waals surface area contributed by atoms with Crippen molar-refractivity contribution in [1.29, 1.82) is 0 Å². The lowest BCUT2D eigenvalue weighted by molar-refractivity contribution is -0.164. The molecule has 0 saturated carbocycles. The molecule has 0 spiro atoms. The van der Waals surface area contributed by atoms with E-state index in [1.54, 1.807) is 0 Å². The van der Waals surface area contributed by atoms with E-state index in [-0.39, 0.29) is 8.52 Å². The maximum atomic E-state index is 11.0. The van der Waals surface area contributed by atoms with Crippen LogP contribution in [-0.4, -0.2) is 25.0 Å². The van der Waals surface area contributed by atoms with Crippen molar-refractivity contribution in [3.8, 4) is 0 Å². The summed E-state index contributed by atoms with van der Waals surface area (Å²) in [5.41, 5.74) is 4.62. The summed E-state index contributed by atoms with van der Waals surface area (Å²) in [7, 11) is 0. The van der Waals surface area contributed by atoms with E-state index in [4.69, 9.17) is 58.5 Å². The Hall–Kier alpha value is 0.150. The van der Waals surface area contributed by atoms with E-state index in [0.717, 1.165) is 0 Å². The molecule has 0 radical (unpaired) electrons. The summed E-state index contributed by atoms with van der Waals surface area (Å²) in [6, 6.07) is -1.25. The number of nitrogens with zero attached hydrogens (tertiary/aromatic N) is 2. The highest BCUT2D eigenvalue weighted by Crippen LogP contribution is 2.31. The normalized spacial score (nSPS) is 11.3. The summed E-state index contributed by atoms with van der Waals surface area (Å²) >= 11 is 25.8. The molecule has 0 aliphatic heterocycles. The number of amides is 2. The molecule has 2 N–H and O–H groups in total. The zero-order chi connectivity index (χ0) is 11.5. The Bertz CT molecular complexity index is 246. The summed E-state index contributed by atoms with van der Waals surface area (Å²) in [5, 5.41) is 0. The fraction of sp³-hybridized carbons (Fsp3) is 0.333. The summed E-state index contributed by atoms with van der Waals surface area (Å²) in [6.45, 7) is 0. The highest BCUT2D eigenvalue weighted by molar-refractivity contribution is 6.61. The third-order valence-corrected chi connectivity index (χ3v) is 2.53. The Balaban J connectivity index is 4.42. The maximum absolute atomic E-state index is 11.0. The van der Waals surface area contributed by atoms with Gasteiger partial charge in [0.15, 0.2) is 0 Å². The third-order valence-electron chi connectivity index (χ3n) is 0.794. The van der Waals surface area contributed by atoms with Crippen LogP contribution in [0.3, 0.4) is 0 Å². The van der Waals surface area contributed by atoms with E-state index >= 15 is 0 Å². The molecule has 2 amide bonds. The molecular weight excluding hydrogens is 303 g/mol. The van der Waals surface area contributed by atoms with Crippen LogP contribution in [0.15, 0.2) is 0 Å². The molecule has 0 aliphatic rings. The number of alkyl halides is 2. The first-order valence-corrected chi connectivity index (χ1v) is 4.44. The standard InChI is InChI=1S/C3H2Cl5N3O3/c4-3(5,11(7)8)1(12)14-10(6)2(9)13/h(H2,9,13). The molecule has 0 bridgehead atoms. The van der Waals surface area contributed by atoms with Crippen molar-refractivity contribution < 1.29 is 14.4 Å². The van der Waals surface area contributed by atoms with Crippen molar-refractivity contribution in [3.63, 3.8) is 0 Å². The average Bonchev–Trinajstić information content (AvgIpc) is 2.03. The van der Waals surface area contributed by atoms with Gasteiger partial charge in [0.05, 0.1) is 11.8 Å². The first kappa shape index (κ1) is 14.2. The Labute approximate surface area is 104 Å². The Morgan fingerprint density at radius 2 is 1.64 bits per heavy atom. The zero-order valence-corrected chi connectivity index (χ0v) is 9.87. The smallest absolute Gasteiger partial charge is 0.348 e. The molecule has 6 nitrogen and oxygen atoms in total. The molecule has 0 rings (SSSR count). The van der Waals surface area contributed by atoms with Gasteiger partial charge in [0.1, 0.15) is 0 Å². The minimum Gasteiger partial charge on any atom is -0.348 e. The molecule has 0 heterocycles. The van der Waals surface area contributed by atoms with Gasteiger partial charge in [-0.25, -0.2) is 9.59 Å². The number of primary amides is 1. The Morgan fingerprint density at radius 3 is 1.93 bits per heavy atom. The molecule has 82 valence electrons. The topological polar surface area (TPSA) is 75.9 Å². The third kappa shape index (κ3) is 3.72. The molecule has 0 aliphatic carbocycles. The lowest BCUT2D eigenvalue weighted by Gasteiger charge is -2.20. The van der Waals surface area contributed by atoms with E-state index in [1.807, 2.05) is 0 Å². The van der Waals surface area contributed by atoms with Gasteiger partial charge >= 0.3 is 12.0 Å². The summed E-state index contributed by atoms with van der Waals surface area (Å²) in [6.07, 6.45) is 0. The molecule has 0 atom stereocenters. The highest BCUT2D eigenvalue weighted by atomic mass is 35.6. The fourth-order valence-corrected chi connectivity index (χ4v) is 0.511. The second kappa shape index (κ2) is 5.29. The van der Waals surface area contributed by atoms with E-state index in [0.29, 0.717) is 0 Å². The van der Waals surface area contributed by atoms with Gasteiger partial charge < -0.3 is 10.6 Å². The van der Waals surface area contributed by atoms with Crippen molar-refractivity contribution in [1.82, 2.24) is 8.52 Å². The van der Waals surface area contributed by atoms with E-state index in [1.165, 1.54) is 0 Å². The Morgan fingerprint density at radius 1 is 1.21 bits per heavy atom. The number of hydroxylamine groups is 1. The number of urea groups is 1. The second-order valence-corrected chi connectivity index (χ2v) is 4.18. The van der Waals surface area contributed by atoms with Crippen LogP contribution in [-0.2, 0) is 9.63 Å². The van der Waals surface area contributed by atoms with Crippen LogP contribution in [0.5, 0.6) is 0 Å². The number of hydrogen-bond donors (Lipinski definition) is 1. The number of carbonyl (C=O) groups is 2. The summed E-state index contributed by atoms with van der Waals surface area (Å²) < 4.78 is -2.42. The number of rotatable bonds is 2. The van der Waals surface area contributed by atoms with Crippen LogP contribution >= 0.6 is 58.5 Å². The quantitative estimate of drug-likeness (QED) is 0.365. The SMILES string of the molecule is NC(=O)N(Cl)OC(=O)C(Cl)(Cl)N(Cl)Cl. The van der Waals surface area contributed by atoms with Gasteiger partial charge in [-0.05, 0) is 23.6 Å². The monoisotopic (exact) mass is 303 g/mol. The summed E-state index contributed by atoms with van der Waals surface area (Å²) in [4.78, 5) is 25.3. The van der Waals surface area contributed by atoms with Gasteiger partial charge in [-0.3, -0.25) is 0 Å². The van der Waals surface area contributed by atoms with Gasteiger partial charge in [-0.2, -0.15) is 0 Å². The molecule has 0 aromatic rings. The summed E-state index contributed by atoms with van der Waals surface area (Å²) in [5.74, 6) is -1.40. The minimum atomic E-state index is -2.41. The van der Waals surface area contributed by atoms with E-state index in [2.05, 4.69) is 10.6 Å². The maximum Gasteiger partial charge on any atom is 0.387 e. The first-order valence-electron chi connectivity index (χ1n) is 2.67. The molecule has 0 aromatic carbocycles. The van der Waals surface area contributed by atoms with Crippen molar-refractivity contribution in [2.45, 2.75) is 4.46 Å². The molecule has 0 unspecified atom stereocenters. The van der Waals surface area contributed by atoms with Crippen LogP contribution in [0.1, 0.15) is 0 Å². The average molecular weight is 305 g/mol. The lowest BCUT2D eigenvalue weighted by atomic mass is 10.7. The lowest BCUT2D eigenvalue weighted by Crippen LogP contribution is -2.41. The highest BCUT2D eigenvalue weighted by Gasteiger charge is 2.43. The molecule has 11 heteroatoms. The number of halogens is 5. The molecule has 14 heavy (non-hydrogen) atoms. The molecule has 0 aromatic heterocycles. The van der Waals surface area contributed by atoms with Gasteiger partial charge in [0, 0.05) is 0 Å². The predicted octanol–water partition coefficient (Wildman–Crippen LogP) is 1.72. The van der Waals surface area contributed by atoms with Crippen LogP contribution in [0, 0.1) is 0 Å². The van der Waals surface area contributed by atoms with Gasteiger partial charge in [0.2, 0.25) is 0 Å². The zero-order valence-electron chi connectivity index (χ0n) is 6.09. The predicted molar refractivity (Wildman–Crippen MR) is 51.3 cm³/mol. The first-order chi connectivity index (χ1) is 6.19. The van der Waals surface area contributed by atoms with Crippen LogP contribution in [0.25, 0.3) is 0 Å². The molecule has 0 saturated heterocycles. The van der Waals surface area contributed by atoms with Crippen molar-refractivity contribution >= 4 is 70.5 Å². The van der Waals surface area contributed by atoms with Crippen LogP contribution in [0.4, 0.5) is 4.79 Å². The number of carbonyl (C=O) groups excluding carboxylic acids is 2. The fourth-order valence-electron chi connectivity index (χ4n) is 0.242.